The third-order valence-electron chi connectivity index (χ3n) is 6.05. The molecule has 2 fully saturated rings. The van der Waals surface area contributed by atoms with Gasteiger partial charge in [-0.05, 0) is 24.6 Å². The lowest BCUT2D eigenvalue weighted by Crippen LogP contribution is -2.63. The average molecular weight is 478 g/mol. The van der Waals surface area contributed by atoms with Gasteiger partial charge in [-0.3, -0.25) is 14.9 Å². The van der Waals surface area contributed by atoms with Crippen LogP contribution in [-0.4, -0.2) is 55.7 Å². The van der Waals surface area contributed by atoms with Crippen molar-refractivity contribution >= 4 is 46.5 Å². The highest BCUT2D eigenvalue weighted by atomic mass is 32.2. The number of esters is 1. The van der Waals surface area contributed by atoms with Crippen LogP contribution >= 0.6 is 24.0 Å². The Kier molecular flexibility index (Phi) is 6.24. The van der Waals surface area contributed by atoms with E-state index in [0.29, 0.717) is 18.5 Å². The highest BCUT2D eigenvalue weighted by molar-refractivity contribution is 8.03. The van der Waals surface area contributed by atoms with E-state index in [-0.39, 0.29) is 41.1 Å². The number of nitrogens with one attached hydrogen (secondary N) is 1. The molecule has 9 nitrogen and oxygen atoms in total. The van der Waals surface area contributed by atoms with Crippen molar-refractivity contribution in [2.75, 3.05) is 6.54 Å². The van der Waals surface area contributed by atoms with Gasteiger partial charge in [-0.2, -0.15) is 0 Å². The van der Waals surface area contributed by atoms with Crippen molar-refractivity contribution in [2.24, 2.45) is 11.8 Å². The second-order valence-corrected chi connectivity index (χ2v) is 10.0. The third-order valence-corrected chi connectivity index (χ3v) is 7.85. The molecule has 4 rings (SSSR count). The quantitative estimate of drug-likeness (QED) is 0.200. The Hall–Kier alpha value is -2.50. The van der Waals surface area contributed by atoms with E-state index in [1.165, 1.54) is 40.9 Å². The van der Waals surface area contributed by atoms with Crippen LogP contribution in [0.4, 0.5) is 5.69 Å². The standard InChI is InChI=1S/C21H23N3O6S2/c1-10-17-16(11(2)25)20(26)23(17)18(19(10)32-14-7-15(31)22-8-14)21(27)30-9-12-3-5-13(6-4-12)24(28)29/h3-6,10-11,14,16-17,25H,7-9H2,1-2H3,(H,22,31)/t10-,11-,14-,16-,17-/m1/s1. The minimum absolute atomic E-state index is 0.0487. The number of aliphatic hydroxyl groups excluding tert-OH is 1. The molecule has 1 amide bonds. The summed E-state index contributed by atoms with van der Waals surface area (Å²) in [6.45, 7) is 4.15. The van der Waals surface area contributed by atoms with E-state index in [1.54, 1.807) is 6.92 Å². The highest BCUT2D eigenvalue weighted by Crippen LogP contribution is 2.52. The number of fused-ring (bicyclic) bond motifs is 1. The van der Waals surface area contributed by atoms with Gasteiger partial charge in [0.05, 0.1) is 28.0 Å². The van der Waals surface area contributed by atoms with Crippen LogP contribution in [0.25, 0.3) is 0 Å². The molecular formula is C21H23N3O6S2. The summed E-state index contributed by atoms with van der Waals surface area (Å²) >= 11 is 6.76. The predicted molar refractivity (Wildman–Crippen MR) is 121 cm³/mol. The number of nitro benzene ring substituents is 1. The smallest absolute Gasteiger partial charge is 0.356 e. The Morgan fingerprint density at radius 1 is 1.44 bits per heavy atom. The zero-order valence-corrected chi connectivity index (χ0v) is 19.1. The molecule has 2 saturated heterocycles. The number of carbonyl (C=O) groups excluding carboxylic acids is 2. The maximum absolute atomic E-state index is 13.1. The molecule has 5 atom stereocenters. The number of thiocarbonyl (C=S) groups is 1. The molecule has 170 valence electrons. The first-order valence-electron chi connectivity index (χ1n) is 10.3. The number of nitrogens with zero attached hydrogens (tertiary/aromatic N) is 2. The van der Waals surface area contributed by atoms with Crippen LogP contribution in [0, 0.1) is 22.0 Å². The van der Waals surface area contributed by atoms with Crippen molar-refractivity contribution in [2.45, 2.75) is 44.3 Å². The Balaban J connectivity index is 1.55. The van der Waals surface area contributed by atoms with E-state index >= 15 is 0 Å². The van der Waals surface area contributed by atoms with Crippen molar-refractivity contribution in [1.29, 1.82) is 0 Å². The first-order valence-corrected chi connectivity index (χ1v) is 11.6. The predicted octanol–water partition coefficient (Wildman–Crippen LogP) is 2.13. The van der Waals surface area contributed by atoms with Gasteiger partial charge in [0.25, 0.3) is 5.69 Å². The van der Waals surface area contributed by atoms with Crippen molar-refractivity contribution in [3.63, 3.8) is 0 Å². The molecule has 3 aliphatic rings. The second-order valence-electron chi connectivity index (χ2n) is 8.21. The summed E-state index contributed by atoms with van der Waals surface area (Å²) < 4.78 is 5.50. The summed E-state index contributed by atoms with van der Waals surface area (Å²) in [5.41, 5.74) is 0.782. The van der Waals surface area contributed by atoms with Crippen LogP contribution in [0.15, 0.2) is 34.9 Å². The fraction of sp³-hybridized carbons (Fsp3) is 0.476. The van der Waals surface area contributed by atoms with Gasteiger partial charge < -0.3 is 20.1 Å². The van der Waals surface area contributed by atoms with Gasteiger partial charge in [-0.25, -0.2) is 4.79 Å². The zero-order valence-electron chi connectivity index (χ0n) is 17.5. The molecule has 0 unspecified atom stereocenters. The summed E-state index contributed by atoms with van der Waals surface area (Å²) in [6, 6.07) is 5.46. The molecule has 0 aromatic heterocycles. The van der Waals surface area contributed by atoms with Gasteiger partial charge >= 0.3 is 5.97 Å². The molecule has 11 heteroatoms. The van der Waals surface area contributed by atoms with Crippen LogP contribution in [0.2, 0.25) is 0 Å². The van der Waals surface area contributed by atoms with Gasteiger partial charge in [0.15, 0.2) is 0 Å². The van der Waals surface area contributed by atoms with Crippen molar-refractivity contribution < 1.29 is 24.4 Å². The molecule has 0 bridgehead atoms. The first-order chi connectivity index (χ1) is 15.2. The van der Waals surface area contributed by atoms with E-state index in [2.05, 4.69) is 5.32 Å². The Labute approximate surface area is 194 Å². The highest BCUT2D eigenvalue weighted by Gasteiger charge is 2.60. The number of β-lactam (4-membered cyclic amide) rings is 1. The summed E-state index contributed by atoms with van der Waals surface area (Å²) in [6.07, 6.45) is -0.117. The number of ether oxygens (including phenoxy) is 1. The normalized spacial score (nSPS) is 27.7. The van der Waals surface area contributed by atoms with E-state index in [1.807, 2.05) is 6.92 Å². The summed E-state index contributed by atoms with van der Waals surface area (Å²) in [5, 5.41) is 24.2. The lowest BCUT2D eigenvalue weighted by Gasteiger charge is -2.46. The number of nitro groups is 1. The number of thioether (sulfide) groups is 1. The molecule has 1 aromatic rings. The van der Waals surface area contributed by atoms with E-state index < -0.39 is 22.9 Å². The first kappa shape index (κ1) is 22.7. The second kappa shape index (κ2) is 8.80. The SMILES string of the molecule is C[C@@H](O)[C@H]1C(=O)N2C(C(=O)OCc3ccc([N+](=O)[O-])cc3)=C(S[C@H]3CNC(=S)C3)[C@H](C)[C@H]12. The van der Waals surface area contributed by atoms with Gasteiger partial charge in [0, 0.05) is 41.2 Å². The maximum atomic E-state index is 13.1. The summed E-state index contributed by atoms with van der Waals surface area (Å²) in [5.74, 6) is -1.57. The molecule has 0 spiro atoms. The lowest BCUT2D eigenvalue weighted by molar-refractivity contribution is -0.384. The minimum Gasteiger partial charge on any atom is -0.456 e. The Bertz CT molecular complexity index is 1010. The molecule has 32 heavy (non-hydrogen) atoms. The molecule has 2 N–H and O–H groups in total. The van der Waals surface area contributed by atoms with Crippen LogP contribution in [0.3, 0.4) is 0 Å². The minimum atomic E-state index is -0.811. The molecular weight excluding hydrogens is 454 g/mol. The number of hydrogen-bond acceptors (Lipinski definition) is 8. The Morgan fingerprint density at radius 3 is 2.69 bits per heavy atom. The monoisotopic (exact) mass is 477 g/mol. The largest absolute Gasteiger partial charge is 0.456 e. The molecule has 1 aromatic carbocycles. The van der Waals surface area contributed by atoms with Crippen molar-refractivity contribution in [3.05, 3.63) is 50.5 Å². The summed E-state index contributed by atoms with van der Waals surface area (Å²) in [7, 11) is 0. The van der Waals surface area contributed by atoms with E-state index in [9.17, 15) is 24.8 Å². The van der Waals surface area contributed by atoms with Crippen molar-refractivity contribution in [3.8, 4) is 0 Å². The summed E-state index contributed by atoms with van der Waals surface area (Å²) in [4.78, 5) is 39.2. The maximum Gasteiger partial charge on any atom is 0.356 e. The van der Waals surface area contributed by atoms with Gasteiger partial charge in [0.2, 0.25) is 5.91 Å². The fourth-order valence-electron chi connectivity index (χ4n) is 4.44. The van der Waals surface area contributed by atoms with Crippen LogP contribution in [0.5, 0.6) is 0 Å². The Morgan fingerprint density at radius 2 is 2.12 bits per heavy atom. The number of aliphatic hydroxyl groups is 1. The third kappa shape index (κ3) is 4.00. The lowest BCUT2D eigenvalue weighted by atomic mass is 9.79. The number of non-ortho nitro benzene ring substituents is 1. The number of benzene rings is 1. The number of carbonyl (C=O) groups is 2. The van der Waals surface area contributed by atoms with Gasteiger partial charge in [-0.15, -0.1) is 11.8 Å². The molecule has 0 radical (unpaired) electrons. The van der Waals surface area contributed by atoms with Crippen LogP contribution in [-0.2, 0) is 20.9 Å². The van der Waals surface area contributed by atoms with Crippen LogP contribution < -0.4 is 5.32 Å². The fourth-order valence-corrected chi connectivity index (χ4v) is 6.26. The van der Waals surface area contributed by atoms with Crippen LogP contribution in [0.1, 0.15) is 25.8 Å². The molecule has 0 aliphatic carbocycles. The van der Waals surface area contributed by atoms with Crippen molar-refractivity contribution in [1.82, 2.24) is 10.2 Å². The molecule has 0 saturated carbocycles. The van der Waals surface area contributed by atoms with Gasteiger partial charge in [-0.1, -0.05) is 19.1 Å². The number of rotatable bonds is 7. The number of hydrogen-bond donors (Lipinski definition) is 2. The molecule has 3 heterocycles. The van der Waals surface area contributed by atoms with E-state index in [0.717, 1.165) is 9.89 Å². The topological polar surface area (TPSA) is 122 Å². The number of amides is 1. The molecule has 3 aliphatic heterocycles. The van der Waals surface area contributed by atoms with E-state index in [4.69, 9.17) is 17.0 Å². The average Bonchev–Trinajstić information content (AvgIpc) is 3.26. The zero-order chi connectivity index (χ0) is 23.2. The van der Waals surface area contributed by atoms with Gasteiger partial charge in [0.1, 0.15) is 12.3 Å².